The number of aryl methyl sites for hydroxylation is 2. The zero-order valence-corrected chi connectivity index (χ0v) is 20.1. The number of carbonyl (C=O) groups is 2. The van der Waals surface area contributed by atoms with Gasteiger partial charge >= 0.3 is 0 Å². The van der Waals surface area contributed by atoms with E-state index in [9.17, 15) is 19.2 Å². The number of nitriles is 1. The van der Waals surface area contributed by atoms with Crippen LogP contribution in [0.5, 0.6) is 5.75 Å². The predicted molar refractivity (Wildman–Crippen MR) is 133 cm³/mol. The second kappa shape index (κ2) is 11.3. The lowest BCUT2D eigenvalue weighted by Crippen LogP contribution is -2.20. The van der Waals surface area contributed by atoms with E-state index in [1.165, 1.54) is 30.3 Å². The van der Waals surface area contributed by atoms with Crippen LogP contribution in [0, 0.1) is 31.0 Å². The minimum absolute atomic E-state index is 0.127. The summed E-state index contributed by atoms with van der Waals surface area (Å²) in [5.41, 5.74) is 3.54. The molecule has 0 aliphatic rings. The summed E-state index contributed by atoms with van der Waals surface area (Å²) in [4.78, 5) is 24.7. The lowest BCUT2D eigenvalue weighted by Gasteiger charge is -2.11. The second-order valence-corrected chi connectivity index (χ2v) is 8.33. The summed E-state index contributed by atoms with van der Waals surface area (Å²) < 4.78 is 19.2. The third kappa shape index (κ3) is 6.77. The molecule has 0 atom stereocenters. The fourth-order valence-electron chi connectivity index (χ4n) is 2.97. The van der Waals surface area contributed by atoms with E-state index >= 15 is 0 Å². The lowest BCUT2D eigenvalue weighted by atomic mass is 10.1. The van der Waals surface area contributed by atoms with Gasteiger partial charge in [0.2, 0.25) is 0 Å². The van der Waals surface area contributed by atoms with Crippen LogP contribution in [0.2, 0.25) is 0 Å². The molecule has 172 valence electrons. The fraction of sp³-hybridized carbons (Fsp3) is 0.115. The van der Waals surface area contributed by atoms with Gasteiger partial charge in [-0.05, 0) is 95.0 Å². The smallest absolute Gasteiger partial charge is 0.266 e. The summed E-state index contributed by atoms with van der Waals surface area (Å²) in [5.74, 6) is -0.908. The van der Waals surface area contributed by atoms with E-state index in [4.69, 9.17) is 4.74 Å². The van der Waals surface area contributed by atoms with E-state index in [1.54, 1.807) is 18.2 Å². The third-order valence-electron chi connectivity index (χ3n) is 4.76. The van der Waals surface area contributed by atoms with Crippen LogP contribution in [-0.4, -0.2) is 18.4 Å². The van der Waals surface area contributed by atoms with Crippen molar-refractivity contribution in [3.63, 3.8) is 0 Å². The molecule has 6 nitrogen and oxygen atoms in total. The number of nitrogens with one attached hydrogen (secondary N) is 2. The number of anilines is 2. The Morgan fingerprint density at radius 3 is 2.47 bits per heavy atom. The highest BCUT2D eigenvalue weighted by Crippen LogP contribution is 2.27. The molecule has 0 saturated heterocycles. The first-order valence-corrected chi connectivity index (χ1v) is 11.0. The Bertz CT molecular complexity index is 1300. The standard InChI is InChI=1S/C26H21BrFN3O3/c1-16-3-4-17(2)23(11-16)31-25(32)15-34-24-10-5-18(13-22(24)27)12-19(14-29)26(33)30-21-8-6-20(28)7-9-21/h3-13H,15H2,1-2H3,(H,30,33)(H,31,32)/b19-12+. The average Bonchev–Trinajstić information content (AvgIpc) is 2.80. The molecule has 0 aliphatic heterocycles. The largest absolute Gasteiger partial charge is 0.483 e. The number of nitrogens with zero attached hydrogens (tertiary/aromatic N) is 1. The van der Waals surface area contributed by atoms with Crippen LogP contribution in [0.25, 0.3) is 6.08 Å². The summed E-state index contributed by atoms with van der Waals surface area (Å²) in [6.45, 7) is 3.67. The van der Waals surface area contributed by atoms with Crippen LogP contribution in [0.3, 0.4) is 0 Å². The van der Waals surface area contributed by atoms with Gasteiger partial charge in [-0.1, -0.05) is 18.2 Å². The first-order valence-electron chi connectivity index (χ1n) is 10.2. The molecule has 2 N–H and O–H groups in total. The second-order valence-electron chi connectivity index (χ2n) is 7.48. The van der Waals surface area contributed by atoms with Crippen LogP contribution in [-0.2, 0) is 9.59 Å². The van der Waals surface area contributed by atoms with E-state index in [-0.39, 0.29) is 18.1 Å². The zero-order valence-electron chi connectivity index (χ0n) is 18.5. The van der Waals surface area contributed by atoms with Gasteiger partial charge in [0.15, 0.2) is 6.61 Å². The Labute approximate surface area is 205 Å². The van der Waals surface area contributed by atoms with E-state index in [1.807, 2.05) is 38.1 Å². The highest BCUT2D eigenvalue weighted by atomic mass is 79.9. The zero-order chi connectivity index (χ0) is 24.7. The Morgan fingerprint density at radius 2 is 1.79 bits per heavy atom. The van der Waals surface area contributed by atoms with Crippen molar-refractivity contribution in [2.45, 2.75) is 13.8 Å². The van der Waals surface area contributed by atoms with Crippen molar-refractivity contribution in [2.24, 2.45) is 0 Å². The van der Waals surface area contributed by atoms with Gasteiger partial charge in [0.25, 0.3) is 11.8 Å². The minimum atomic E-state index is -0.617. The van der Waals surface area contributed by atoms with Crippen molar-refractivity contribution in [3.8, 4) is 11.8 Å². The Morgan fingerprint density at radius 1 is 1.06 bits per heavy atom. The molecule has 0 radical (unpaired) electrons. The van der Waals surface area contributed by atoms with Crippen molar-refractivity contribution in [2.75, 3.05) is 17.2 Å². The van der Waals surface area contributed by atoms with Gasteiger partial charge in [0, 0.05) is 11.4 Å². The van der Waals surface area contributed by atoms with Crippen molar-refractivity contribution in [1.29, 1.82) is 5.26 Å². The van der Waals surface area contributed by atoms with Crippen molar-refractivity contribution < 1.29 is 18.7 Å². The molecular weight excluding hydrogens is 501 g/mol. The number of halogens is 2. The van der Waals surface area contributed by atoms with Gasteiger partial charge in [-0.15, -0.1) is 0 Å². The van der Waals surface area contributed by atoms with Crippen LogP contribution < -0.4 is 15.4 Å². The summed E-state index contributed by atoms with van der Waals surface area (Å²) in [7, 11) is 0. The molecule has 3 rings (SSSR count). The third-order valence-corrected chi connectivity index (χ3v) is 5.38. The molecule has 34 heavy (non-hydrogen) atoms. The lowest BCUT2D eigenvalue weighted by molar-refractivity contribution is -0.118. The first kappa shape index (κ1) is 24.7. The van der Waals surface area contributed by atoms with Crippen LogP contribution in [0.4, 0.5) is 15.8 Å². The molecule has 0 aliphatic carbocycles. The van der Waals surface area contributed by atoms with E-state index in [2.05, 4.69) is 26.6 Å². The number of carbonyl (C=O) groups excluding carboxylic acids is 2. The van der Waals surface area contributed by atoms with Crippen molar-refractivity contribution in [3.05, 3.63) is 93.2 Å². The Kier molecular flexibility index (Phi) is 8.17. The van der Waals surface area contributed by atoms with Gasteiger partial charge in [-0.3, -0.25) is 9.59 Å². The molecule has 0 saturated carbocycles. The van der Waals surface area contributed by atoms with Crippen LogP contribution in [0.1, 0.15) is 16.7 Å². The minimum Gasteiger partial charge on any atom is -0.483 e. The molecule has 0 aromatic heterocycles. The Hall–Kier alpha value is -3.96. The van der Waals surface area contributed by atoms with E-state index in [0.717, 1.165) is 16.8 Å². The number of hydrogen-bond donors (Lipinski definition) is 2. The molecule has 0 unspecified atom stereocenters. The first-order chi connectivity index (χ1) is 16.2. The SMILES string of the molecule is Cc1ccc(C)c(NC(=O)COc2ccc(/C=C(\C#N)C(=O)Nc3ccc(F)cc3)cc2Br)c1. The summed E-state index contributed by atoms with van der Waals surface area (Å²) in [6.07, 6.45) is 1.42. The molecule has 0 heterocycles. The maximum Gasteiger partial charge on any atom is 0.266 e. The quantitative estimate of drug-likeness (QED) is 0.305. The van der Waals surface area contributed by atoms with Crippen molar-refractivity contribution in [1.82, 2.24) is 0 Å². The number of hydrogen-bond acceptors (Lipinski definition) is 4. The molecule has 3 aromatic carbocycles. The maximum absolute atomic E-state index is 13.0. The number of ether oxygens (including phenoxy) is 1. The van der Waals surface area contributed by atoms with Gasteiger partial charge in [0.1, 0.15) is 23.2 Å². The molecule has 3 aromatic rings. The van der Waals surface area contributed by atoms with Gasteiger partial charge < -0.3 is 15.4 Å². The predicted octanol–water partition coefficient (Wildman–Crippen LogP) is 5.77. The summed E-state index contributed by atoms with van der Waals surface area (Å²) in [6, 6.07) is 17.9. The van der Waals surface area contributed by atoms with Crippen LogP contribution in [0.15, 0.2) is 70.7 Å². The summed E-state index contributed by atoms with van der Waals surface area (Å²) in [5, 5.41) is 14.8. The molecule has 0 fully saturated rings. The van der Waals surface area contributed by atoms with Crippen LogP contribution >= 0.6 is 15.9 Å². The highest BCUT2D eigenvalue weighted by molar-refractivity contribution is 9.10. The van der Waals surface area contributed by atoms with Crippen molar-refractivity contribution >= 4 is 45.2 Å². The monoisotopic (exact) mass is 521 g/mol. The van der Waals surface area contributed by atoms with Gasteiger partial charge in [-0.2, -0.15) is 5.26 Å². The van der Waals surface area contributed by atoms with E-state index < -0.39 is 11.7 Å². The summed E-state index contributed by atoms with van der Waals surface area (Å²) >= 11 is 3.39. The molecule has 8 heteroatoms. The highest BCUT2D eigenvalue weighted by Gasteiger charge is 2.12. The topological polar surface area (TPSA) is 91.2 Å². The van der Waals surface area contributed by atoms with Gasteiger partial charge in [0.05, 0.1) is 4.47 Å². The number of amides is 2. The van der Waals surface area contributed by atoms with E-state index in [0.29, 0.717) is 21.5 Å². The maximum atomic E-state index is 13.0. The number of rotatable bonds is 7. The number of benzene rings is 3. The molecule has 0 spiro atoms. The molecule has 2 amide bonds. The fourth-order valence-corrected chi connectivity index (χ4v) is 3.48. The average molecular weight is 522 g/mol. The van der Waals surface area contributed by atoms with Gasteiger partial charge in [-0.25, -0.2) is 4.39 Å². The molecular formula is C26H21BrFN3O3. The normalized spacial score (nSPS) is 10.9. The molecule has 0 bridgehead atoms. The Balaban J connectivity index is 1.64.